The highest BCUT2D eigenvalue weighted by Gasteiger charge is 2.10. The van der Waals surface area contributed by atoms with E-state index in [1.165, 1.54) is 44.3 Å². The van der Waals surface area contributed by atoms with Gasteiger partial charge in [-0.2, -0.15) is 0 Å². The topological polar surface area (TPSA) is 40.5 Å². The lowest BCUT2D eigenvalue weighted by Gasteiger charge is -2.08. The van der Waals surface area contributed by atoms with Gasteiger partial charge in [0.05, 0.1) is 0 Å². The normalized spacial score (nSPS) is 11.7. The summed E-state index contributed by atoms with van der Waals surface area (Å²) in [6.07, 6.45) is 16.2. The Hall–Kier alpha value is -1.30. The van der Waals surface area contributed by atoms with Crippen LogP contribution in [0.15, 0.2) is 37.0 Å². The Labute approximate surface area is 117 Å². The maximum atomic E-state index is 9.15. The molecule has 0 aromatic carbocycles. The van der Waals surface area contributed by atoms with Gasteiger partial charge in [0.1, 0.15) is 0 Å². The highest BCUT2D eigenvalue weighted by molar-refractivity contribution is 5.20. The number of hydrogen-bond donors (Lipinski definition) is 2. The molecule has 2 N–H and O–H groups in total. The minimum absolute atomic E-state index is 0.692. The van der Waals surface area contributed by atoms with Crippen LogP contribution in [0.2, 0.25) is 0 Å². The number of aliphatic hydroxyl groups is 2. The zero-order chi connectivity index (χ0) is 14.4. The van der Waals surface area contributed by atoms with Crippen LogP contribution in [0.25, 0.3) is 0 Å². The second-order valence-electron chi connectivity index (χ2n) is 4.52. The summed E-state index contributed by atoms with van der Waals surface area (Å²) in [5.74, 6) is 3.70. The largest absolute Gasteiger partial charge is 0.359 e. The molecule has 0 aliphatic carbocycles. The molecule has 0 saturated carbocycles. The van der Waals surface area contributed by atoms with Crippen molar-refractivity contribution in [2.75, 3.05) is 0 Å². The lowest BCUT2D eigenvalue weighted by Crippen LogP contribution is -2.20. The molecule has 0 radical (unpaired) electrons. The standard InChI is InChI=1S/C17H26O2/c1-3-5-6-7-8-9-10-11-12-13-14-15-16-17(18,19)4-2/h4,10-11,15-16,18-19H,2-3,5-9,12H2,1H3/b11-10+,16-15+. The van der Waals surface area contributed by atoms with Gasteiger partial charge in [-0.15, -0.1) is 0 Å². The van der Waals surface area contributed by atoms with E-state index >= 15 is 0 Å². The molecule has 0 heterocycles. The molecule has 0 amide bonds. The third-order valence-corrected chi connectivity index (χ3v) is 2.68. The maximum Gasteiger partial charge on any atom is 0.203 e. The molecule has 106 valence electrons. The Morgan fingerprint density at radius 1 is 1.11 bits per heavy atom. The van der Waals surface area contributed by atoms with Crippen molar-refractivity contribution in [3.8, 4) is 11.8 Å². The van der Waals surface area contributed by atoms with Crippen molar-refractivity contribution in [3.05, 3.63) is 37.0 Å². The lowest BCUT2D eigenvalue weighted by molar-refractivity contribution is -0.0737. The van der Waals surface area contributed by atoms with Gasteiger partial charge in [0.15, 0.2) is 0 Å². The first-order valence-corrected chi connectivity index (χ1v) is 7.02. The molecule has 0 fully saturated rings. The maximum absolute atomic E-state index is 9.15. The summed E-state index contributed by atoms with van der Waals surface area (Å²) in [6, 6.07) is 0. The molecule has 0 bridgehead atoms. The van der Waals surface area contributed by atoms with Gasteiger partial charge in [-0.05, 0) is 31.1 Å². The van der Waals surface area contributed by atoms with Gasteiger partial charge in [-0.25, -0.2) is 0 Å². The Morgan fingerprint density at radius 2 is 1.84 bits per heavy atom. The van der Waals surface area contributed by atoms with E-state index in [0.29, 0.717) is 6.42 Å². The van der Waals surface area contributed by atoms with Gasteiger partial charge in [0, 0.05) is 6.42 Å². The minimum atomic E-state index is -1.96. The van der Waals surface area contributed by atoms with Crippen LogP contribution in [0.4, 0.5) is 0 Å². The Kier molecular flexibility index (Phi) is 11.0. The van der Waals surface area contributed by atoms with Crippen molar-refractivity contribution in [2.24, 2.45) is 0 Å². The van der Waals surface area contributed by atoms with E-state index in [0.717, 1.165) is 12.5 Å². The average Bonchev–Trinajstić information content (AvgIpc) is 2.40. The van der Waals surface area contributed by atoms with Gasteiger partial charge < -0.3 is 10.2 Å². The fraction of sp³-hybridized carbons (Fsp3) is 0.529. The zero-order valence-corrected chi connectivity index (χ0v) is 11.9. The summed E-state index contributed by atoms with van der Waals surface area (Å²) < 4.78 is 0. The van der Waals surface area contributed by atoms with Crippen LogP contribution in [0.1, 0.15) is 51.9 Å². The van der Waals surface area contributed by atoms with Crippen molar-refractivity contribution in [1.29, 1.82) is 0 Å². The van der Waals surface area contributed by atoms with Crippen LogP contribution in [0, 0.1) is 11.8 Å². The summed E-state index contributed by atoms with van der Waals surface area (Å²) in [6.45, 7) is 5.52. The molecule has 2 nitrogen and oxygen atoms in total. The second kappa shape index (κ2) is 11.8. The first kappa shape index (κ1) is 17.7. The third-order valence-electron chi connectivity index (χ3n) is 2.68. The molecular weight excluding hydrogens is 236 g/mol. The van der Waals surface area contributed by atoms with Gasteiger partial charge in [-0.3, -0.25) is 0 Å². The van der Waals surface area contributed by atoms with Crippen LogP contribution in [-0.2, 0) is 0 Å². The lowest BCUT2D eigenvalue weighted by atomic mass is 10.1. The monoisotopic (exact) mass is 262 g/mol. The minimum Gasteiger partial charge on any atom is -0.359 e. The van der Waals surface area contributed by atoms with E-state index in [4.69, 9.17) is 10.2 Å². The fourth-order valence-corrected chi connectivity index (χ4v) is 1.48. The molecule has 0 aliphatic heterocycles. The SMILES string of the molecule is C=CC(O)(O)/C=C/C#CC/C=C/CCCCCCC. The van der Waals surface area contributed by atoms with Gasteiger partial charge in [-0.1, -0.05) is 63.2 Å². The number of rotatable bonds is 9. The van der Waals surface area contributed by atoms with E-state index in [1.807, 2.05) is 0 Å². The smallest absolute Gasteiger partial charge is 0.203 e. The molecule has 0 unspecified atom stereocenters. The summed E-state index contributed by atoms with van der Waals surface area (Å²) >= 11 is 0. The van der Waals surface area contributed by atoms with Crippen molar-refractivity contribution >= 4 is 0 Å². The Morgan fingerprint density at radius 3 is 2.53 bits per heavy atom. The third kappa shape index (κ3) is 12.9. The molecule has 0 aromatic rings. The van der Waals surface area contributed by atoms with E-state index in [1.54, 1.807) is 0 Å². The van der Waals surface area contributed by atoms with Gasteiger partial charge in [0.2, 0.25) is 5.79 Å². The van der Waals surface area contributed by atoms with Crippen LogP contribution in [-0.4, -0.2) is 16.0 Å². The number of allylic oxidation sites excluding steroid dienone is 3. The van der Waals surface area contributed by atoms with Gasteiger partial charge >= 0.3 is 0 Å². The predicted molar refractivity (Wildman–Crippen MR) is 81.4 cm³/mol. The molecule has 19 heavy (non-hydrogen) atoms. The van der Waals surface area contributed by atoms with E-state index in [2.05, 4.69) is 37.5 Å². The molecule has 2 heteroatoms. The van der Waals surface area contributed by atoms with Crippen LogP contribution < -0.4 is 0 Å². The first-order valence-electron chi connectivity index (χ1n) is 7.02. The van der Waals surface area contributed by atoms with Crippen molar-refractivity contribution in [2.45, 2.75) is 57.7 Å². The average molecular weight is 262 g/mol. The number of hydrogen-bond acceptors (Lipinski definition) is 2. The van der Waals surface area contributed by atoms with Crippen molar-refractivity contribution in [1.82, 2.24) is 0 Å². The fourth-order valence-electron chi connectivity index (χ4n) is 1.48. The zero-order valence-electron chi connectivity index (χ0n) is 11.9. The van der Waals surface area contributed by atoms with Crippen LogP contribution >= 0.6 is 0 Å². The van der Waals surface area contributed by atoms with E-state index in [9.17, 15) is 0 Å². The molecular formula is C17H26O2. The highest BCUT2D eigenvalue weighted by atomic mass is 16.5. The molecule has 0 saturated heterocycles. The predicted octanol–water partition coefficient (Wildman–Crippen LogP) is 3.72. The summed E-state index contributed by atoms with van der Waals surface area (Å²) in [7, 11) is 0. The molecule has 0 aliphatic rings. The van der Waals surface area contributed by atoms with E-state index in [-0.39, 0.29) is 0 Å². The second-order valence-corrected chi connectivity index (χ2v) is 4.52. The van der Waals surface area contributed by atoms with E-state index < -0.39 is 5.79 Å². The summed E-state index contributed by atoms with van der Waals surface area (Å²) in [5, 5.41) is 18.3. The Balaban J connectivity index is 3.61. The molecule has 0 aromatic heterocycles. The highest BCUT2D eigenvalue weighted by Crippen LogP contribution is 2.05. The van der Waals surface area contributed by atoms with Gasteiger partial charge in [0.25, 0.3) is 0 Å². The Bertz CT molecular complexity index is 340. The van der Waals surface area contributed by atoms with Crippen LogP contribution in [0.3, 0.4) is 0 Å². The van der Waals surface area contributed by atoms with Crippen molar-refractivity contribution in [3.63, 3.8) is 0 Å². The molecule has 0 atom stereocenters. The summed E-state index contributed by atoms with van der Waals surface area (Å²) in [5.41, 5.74) is 0. The quantitative estimate of drug-likeness (QED) is 0.288. The molecule has 0 spiro atoms. The first-order chi connectivity index (χ1) is 9.12. The summed E-state index contributed by atoms with van der Waals surface area (Å²) in [4.78, 5) is 0. The van der Waals surface area contributed by atoms with Crippen molar-refractivity contribution < 1.29 is 10.2 Å². The number of unbranched alkanes of at least 4 members (excludes halogenated alkanes) is 5. The molecule has 0 rings (SSSR count). The van der Waals surface area contributed by atoms with Crippen LogP contribution in [0.5, 0.6) is 0 Å².